The number of nitrogens with one attached hydrogen (secondary N) is 1. The molecule has 112 valence electrons. The molecule has 0 radical (unpaired) electrons. The van der Waals surface area contributed by atoms with Gasteiger partial charge in [0.1, 0.15) is 5.54 Å². The molecule has 1 fully saturated rings. The highest BCUT2D eigenvalue weighted by molar-refractivity contribution is 6.33. The maximum Gasteiger partial charge on any atom is 0.255 e. The van der Waals surface area contributed by atoms with Gasteiger partial charge in [-0.1, -0.05) is 24.9 Å². The molecule has 1 heterocycles. The number of hydrogen-bond donors (Lipinski definition) is 1. The summed E-state index contributed by atoms with van der Waals surface area (Å²) < 4.78 is 0. The molecule has 0 atom stereocenters. The van der Waals surface area contributed by atoms with E-state index in [1.807, 2.05) is 6.92 Å². The first-order chi connectivity index (χ1) is 9.99. The molecule has 2 rings (SSSR count). The highest BCUT2D eigenvalue weighted by Gasteiger charge is 2.36. The molecule has 0 unspecified atom stereocenters. The lowest BCUT2D eigenvalue weighted by molar-refractivity contribution is 0.0891. The van der Waals surface area contributed by atoms with Crippen molar-refractivity contribution in [2.45, 2.75) is 51.5 Å². The van der Waals surface area contributed by atoms with Crippen molar-refractivity contribution in [1.82, 2.24) is 10.3 Å². The summed E-state index contributed by atoms with van der Waals surface area (Å²) in [6.07, 6.45) is 5.95. The summed E-state index contributed by atoms with van der Waals surface area (Å²) in [7, 11) is 0. The number of amides is 1. The van der Waals surface area contributed by atoms with Gasteiger partial charge >= 0.3 is 0 Å². The molecule has 5 heteroatoms. The summed E-state index contributed by atoms with van der Waals surface area (Å²) in [5.41, 5.74) is 0.321. The Labute approximate surface area is 130 Å². The Balaban J connectivity index is 2.12. The molecule has 0 saturated heterocycles. The first kappa shape index (κ1) is 15.8. The lowest BCUT2D eigenvalue weighted by Gasteiger charge is -2.35. The van der Waals surface area contributed by atoms with Crippen LogP contribution >= 0.6 is 11.6 Å². The second-order valence-electron chi connectivity index (χ2n) is 5.81. The first-order valence-corrected chi connectivity index (χ1v) is 7.73. The van der Waals surface area contributed by atoms with Crippen LogP contribution in [0.25, 0.3) is 0 Å². The number of hydrogen-bond acceptors (Lipinski definition) is 3. The number of pyridine rings is 1. The Morgan fingerprint density at radius 2 is 2.24 bits per heavy atom. The largest absolute Gasteiger partial charge is 0.334 e. The molecule has 4 nitrogen and oxygen atoms in total. The van der Waals surface area contributed by atoms with E-state index in [-0.39, 0.29) is 5.91 Å². The minimum atomic E-state index is -0.767. The summed E-state index contributed by atoms with van der Waals surface area (Å²) >= 11 is 6.09. The van der Waals surface area contributed by atoms with E-state index in [2.05, 4.69) is 23.3 Å². The number of halogens is 1. The van der Waals surface area contributed by atoms with Crippen LogP contribution in [0.4, 0.5) is 0 Å². The van der Waals surface area contributed by atoms with Gasteiger partial charge in [0.25, 0.3) is 5.91 Å². The van der Waals surface area contributed by atoms with E-state index in [1.165, 1.54) is 6.20 Å². The van der Waals surface area contributed by atoms with Gasteiger partial charge in [-0.05, 0) is 44.6 Å². The van der Waals surface area contributed by atoms with Crippen molar-refractivity contribution < 1.29 is 4.79 Å². The van der Waals surface area contributed by atoms with Crippen LogP contribution in [0.5, 0.6) is 0 Å². The van der Waals surface area contributed by atoms with Crippen molar-refractivity contribution in [1.29, 1.82) is 5.26 Å². The average molecular weight is 306 g/mol. The van der Waals surface area contributed by atoms with Crippen molar-refractivity contribution >= 4 is 17.5 Å². The van der Waals surface area contributed by atoms with E-state index in [4.69, 9.17) is 11.6 Å². The molecular weight excluding hydrogens is 286 g/mol. The Morgan fingerprint density at radius 1 is 1.57 bits per heavy atom. The Hall–Kier alpha value is -1.60. The Kier molecular flexibility index (Phi) is 4.84. The summed E-state index contributed by atoms with van der Waals surface area (Å²) in [6, 6.07) is 3.95. The molecule has 1 amide bonds. The molecule has 1 aliphatic carbocycles. The quantitative estimate of drug-likeness (QED) is 0.927. The summed E-state index contributed by atoms with van der Waals surface area (Å²) in [5, 5.41) is 12.7. The van der Waals surface area contributed by atoms with Crippen LogP contribution in [-0.2, 0) is 0 Å². The SMILES string of the molecule is CCC1CCC(C#N)(NC(=O)c2cnc(C)cc2Cl)CC1. The van der Waals surface area contributed by atoms with Crippen LogP contribution in [0.2, 0.25) is 5.02 Å². The van der Waals surface area contributed by atoms with E-state index >= 15 is 0 Å². The molecule has 1 aromatic heterocycles. The number of aryl methyl sites for hydroxylation is 1. The van der Waals surface area contributed by atoms with Crippen LogP contribution in [0.1, 0.15) is 55.1 Å². The molecule has 21 heavy (non-hydrogen) atoms. The van der Waals surface area contributed by atoms with Crippen LogP contribution in [0, 0.1) is 24.2 Å². The standard InChI is InChI=1S/C16H20ClN3O/c1-3-12-4-6-16(10-18,7-5-12)20-15(21)13-9-19-11(2)8-14(13)17/h8-9,12H,3-7H2,1-2H3,(H,20,21). The topological polar surface area (TPSA) is 65.8 Å². The van der Waals surface area contributed by atoms with Crippen LogP contribution in [0.3, 0.4) is 0 Å². The van der Waals surface area contributed by atoms with Gasteiger partial charge < -0.3 is 5.32 Å². The molecular formula is C16H20ClN3O. The monoisotopic (exact) mass is 305 g/mol. The highest BCUT2D eigenvalue weighted by Crippen LogP contribution is 2.33. The molecule has 1 aromatic rings. The number of nitrogens with zero attached hydrogens (tertiary/aromatic N) is 2. The van der Waals surface area contributed by atoms with Gasteiger partial charge in [0.15, 0.2) is 0 Å². The number of nitriles is 1. The van der Waals surface area contributed by atoms with Crippen molar-refractivity contribution in [3.8, 4) is 6.07 Å². The minimum absolute atomic E-state index is 0.316. The van der Waals surface area contributed by atoms with Gasteiger partial charge in [-0.15, -0.1) is 0 Å². The highest BCUT2D eigenvalue weighted by atomic mass is 35.5. The number of carbonyl (C=O) groups is 1. The fourth-order valence-electron chi connectivity index (χ4n) is 2.82. The zero-order valence-corrected chi connectivity index (χ0v) is 13.2. The number of rotatable bonds is 3. The van der Waals surface area contributed by atoms with Crippen molar-refractivity contribution in [2.24, 2.45) is 5.92 Å². The molecule has 0 spiro atoms. The van der Waals surface area contributed by atoms with E-state index in [1.54, 1.807) is 6.07 Å². The fourth-order valence-corrected chi connectivity index (χ4v) is 3.11. The van der Waals surface area contributed by atoms with Crippen molar-refractivity contribution in [2.75, 3.05) is 0 Å². The van der Waals surface area contributed by atoms with Gasteiger partial charge in [0.05, 0.1) is 16.7 Å². The smallest absolute Gasteiger partial charge is 0.255 e. The van der Waals surface area contributed by atoms with Crippen LogP contribution in [-0.4, -0.2) is 16.4 Å². The van der Waals surface area contributed by atoms with E-state index in [0.717, 1.165) is 25.0 Å². The summed E-state index contributed by atoms with van der Waals surface area (Å²) in [4.78, 5) is 16.5. The first-order valence-electron chi connectivity index (χ1n) is 7.35. The third-order valence-corrected chi connectivity index (χ3v) is 4.65. The maximum absolute atomic E-state index is 12.4. The van der Waals surface area contributed by atoms with Crippen molar-refractivity contribution in [3.63, 3.8) is 0 Å². The zero-order valence-electron chi connectivity index (χ0n) is 12.4. The van der Waals surface area contributed by atoms with Gasteiger partial charge in [-0.2, -0.15) is 5.26 Å². The third-order valence-electron chi connectivity index (χ3n) is 4.34. The Morgan fingerprint density at radius 3 is 2.76 bits per heavy atom. The number of carbonyl (C=O) groups excluding carboxylic acids is 1. The van der Waals surface area contributed by atoms with Gasteiger partial charge in [0.2, 0.25) is 0 Å². The lowest BCUT2D eigenvalue weighted by Crippen LogP contribution is -2.49. The second kappa shape index (κ2) is 6.44. The molecule has 0 aliphatic heterocycles. The van der Waals surface area contributed by atoms with Crippen LogP contribution < -0.4 is 5.32 Å². The fraction of sp³-hybridized carbons (Fsp3) is 0.562. The summed E-state index contributed by atoms with van der Waals surface area (Å²) in [5.74, 6) is 0.344. The average Bonchev–Trinajstić information content (AvgIpc) is 2.47. The molecule has 1 saturated carbocycles. The van der Waals surface area contributed by atoms with Gasteiger partial charge in [0, 0.05) is 11.9 Å². The minimum Gasteiger partial charge on any atom is -0.334 e. The predicted molar refractivity (Wildman–Crippen MR) is 82.0 cm³/mol. The maximum atomic E-state index is 12.4. The van der Waals surface area contributed by atoms with Crippen LogP contribution in [0.15, 0.2) is 12.3 Å². The lowest BCUT2D eigenvalue weighted by atomic mass is 9.76. The molecule has 0 aromatic carbocycles. The predicted octanol–water partition coefficient (Wildman–Crippen LogP) is 3.64. The van der Waals surface area contributed by atoms with Gasteiger partial charge in [-0.3, -0.25) is 9.78 Å². The Bertz CT molecular complexity index is 571. The van der Waals surface area contributed by atoms with E-state index in [9.17, 15) is 10.1 Å². The van der Waals surface area contributed by atoms with Crippen molar-refractivity contribution in [3.05, 3.63) is 28.5 Å². The molecule has 1 aliphatic rings. The number of aromatic nitrogens is 1. The molecule has 1 N–H and O–H groups in total. The van der Waals surface area contributed by atoms with E-state index < -0.39 is 5.54 Å². The third kappa shape index (κ3) is 3.54. The zero-order chi connectivity index (χ0) is 15.5. The normalized spacial score (nSPS) is 25.1. The summed E-state index contributed by atoms with van der Waals surface area (Å²) in [6.45, 7) is 3.98. The van der Waals surface area contributed by atoms with Gasteiger partial charge in [-0.25, -0.2) is 0 Å². The second-order valence-corrected chi connectivity index (χ2v) is 6.21. The van der Waals surface area contributed by atoms with E-state index in [0.29, 0.717) is 29.3 Å². The molecule has 0 bridgehead atoms.